The third-order valence-corrected chi connectivity index (χ3v) is 5.84. The second-order valence-electron chi connectivity index (χ2n) is 6.88. The highest BCUT2D eigenvalue weighted by atomic mass is 32.1. The summed E-state index contributed by atoms with van der Waals surface area (Å²) in [5.74, 6) is 0.187. The molecule has 31 heavy (non-hydrogen) atoms. The van der Waals surface area contributed by atoms with Gasteiger partial charge in [-0.2, -0.15) is 5.26 Å². The molecule has 0 radical (unpaired) electrons. The van der Waals surface area contributed by atoms with Crippen molar-refractivity contribution in [2.45, 2.75) is 12.6 Å². The van der Waals surface area contributed by atoms with E-state index in [1.807, 2.05) is 54.6 Å². The van der Waals surface area contributed by atoms with E-state index in [0.29, 0.717) is 9.75 Å². The second kappa shape index (κ2) is 7.97. The maximum absolute atomic E-state index is 13.0. The highest BCUT2D eigenvalue weighted by Crippen LogP contribution is 2.28. The molecule has 8 heteroatoms. The zero-order valence-corrected chi connectivity index (χ0v) is 17.0. The molecule has 7 nitrogen and oxygen atoms in total. The lowest BCUT2D eigenvalue weighted by molar-refractivity contribution is -0.119. The summed E-state index contributed by atoms with van der Waals surface area (Å²) in [6.07, 6.45) is -0.626. The molecule has 0 amide bonds. The molecule has 0 saturated carbocycles. The van der Waals surface area contributed by atoms with Crippen LogP contribution in [0.3, 0.4) is 0 Å². The van der Waals surface area contributed by atoms with E-state index in [9.17, 15) is 4.79 Å². The molecular weight excluding hydrogens is 410 g/mol. The maximum Gasteiger partial charge on any atom is 0.317 e. The molecule has 5 rings (SSSR count). The Hall–Kier alpha value is -4.09. The topological polar surface area (TPSA) is 104 Å². The van der Waals surface area contributed by atoms with E-state index >= 15 is 0 Å². The molecule has 1 atom stereocenters. The van der Waals surface area contributed by atoms with Gasteiger partial charge in [-0.15, -0.1) is 16.4 Å². The van der Waals surface area contributed by atoms with E-state index in [2.05, 4.69) is 21.6 Å². The van der Waals surface area contributed by atoms with Crippen LogP contribution in [0.5, 0.6) is 0 Å². The molecule has 0 aliphatic carbocycles. The highest BCUT2D eigenvalue weighted by Gasteiger charge is 2.27. The van der Waals surface area contributed by atoms with Crippen LogP contribution < -0.4 is 5.32 Å². The zero-order chi connectivity index (χ0) is 21.2. The molecule has 1 aliphatic rings. The van der Waals surface area contributed by atoms with Crippen LogP contribution in [0.15, 0.2) is 76.1 Å². The number of Topliss-reactive ketones (excluding diaryl/α,β-unsaturated/α-hetero) is 1. The molecule has 0 spiro atoms. The number of anilines is 1. The minimum absolute atomic E-state index is 0.0963. The van der Waals surface area contributed by atoms with Gasteiger partial charge in [-0.05, 0) is 17.7 Å². The third-order valence-electron chi connectivity index (χ3n) is 4.86. The molecule has 1 unspecified atom stereocenters. The lowest BCUT2D eigenvalue weighted by Crippen LogP contribution is -2.29. The van der Waals surface area contributed by atoms with Crippen molar-refractivity contribution in [3.8, 4) is 16.8 Å². The number of thiophene rings is 1. The molecule has 0 fully saturated rings. The number of hydrogen-bond donors (Lipinski definition) is 1. The number of nitrogens with one attached hydrogen (secondary N) is 1. The van der Waals surface area contributed by atoms with Crippen molar-refractivity contribution >= 4 is 28.8 Å². The van der Waals surface area contributed by atoms with Gasteiger partial charge in [-0.1, -0.05) is 59.7 Å². The molecule has 2 aromatic heterocycles. The normalized spacial score (nSPS) is 15.5. The third kappa shape index (κ3) is 3.74. The Labute approximate surface area is 181 Å². The zero-order valence-electron chi connectivity index (χ0n) is 16.1. The van der Waals surface area contributed by atoms with Gasteiger partial charge in [0.1, 0.15) is 10.9 Å². The molecule has 150 valence electrons. The van der Waals surface area contributed by atoms with Gasteiger partial charge < -0.3 is 9.73 Å². The SMILES string of the molecule is N#Cc1ccc(-c2nnc(NC3N=C(c4ccccc4)c4ccccc4CC3=O)o2)s1. The van der Waals surface area contributed by atoms with E-state index in [4.69, 9.17) is 14.7 Å². The van der Waals surface area contributed by atoms with Gasteiger partial charge in [0.15, 0.2) is 11.9 Å². The van der Waals surface area contributed by atoms with Crippen LogP contribution in [-0.4, -0.2) is 27.9 Å². The Balaban J connectivity index is 1.49. The summed E-state index contributed by atoms with van der Waals surface area (Å²) in [7, 11) is 0. The van der Waals surface area contributed by atoms with Gasteiger partial charge in [0.05, 0.1) is 10.6 Å². The highest BCUT2D eigenvalue weighted by molar-refractivity contribution is 7.15. The van der Waals surface area contributed by atoms with E-state index in [1.165, 1.54) is 11.3 Å². The number of aromatic nitrogens is 2. The molecule has 2 aromatic carbocycles. The van der Waals surface area contributed by atoms with Crippen LogP contribution in [0.4, 0.5) is 6.01 Å². The van der Waals surface area contributed by atoms with Gasteiger partial charge in [0.25, 0.3) is 5.89 Å². The van der Waals surface area contributed by atoms with E-state index in [1.54, 1.807) is 12.1 Å². The fraction of sp³-hybridized carbons (Fsp3) is 0.0870. The summed E-state index contributed by atoms with van der Waals surface area (Å²) >= 11 is 1.26. The van der Waals surface area contributed by atoms with Crippen LogP contribution in [0.25, 0.3) is 10.8 Å². The van der Waals surface area contributed by atoms with Gasteiger partial charge in [-0.25, -0.2) is 0 Å². The van der Waals surface area contributed by atoms with Gasteiger partial charge >= 0.3 is 6.01 Å². The number of carbonyl (C=O) groups is 1. The molecule has 1 aliphatic heterocycles. The van der Waals surface area contributed by atoms with Crippen LogP contribution in [0.2, 0.25) is 0 Å². The minimum Gasteiger partial charge on any atom is -0.402 e. The summed E-state index contributed by atoms with van der Waals surface area (Å²) in [6, 6.07) is 23.2. The van der Waals surface area contributed by atoms with Gasteiger partial charge in [-0.3, -0.25) is 9.79 Å². The number of nitrogens with zero attached hydrogens (tertiary/aromatic N) is 4. The Morgan fingerprint density at radius 1 is 1.03 bits per heavy atom. The number of fused-ring (bicyclic) bond motifs is 1. The van der Waals surface area contributed by atoms with Crippen molar-refractivity contribution in [2.75, 3.05) is 5.32 Å². The quantitative estimate of drug-likeness (QED) is 0.528. The number of benzene rings is 2. The molecular formula is C23H15N5O2S. The molecule has 0 bridgehead atoms. The van der Waals surface area contributed by atoms with Crippen molar-refractivity contribution in [1.82, 2.24) is 10.2 Å². The molecule has 3 heterocycles. The maximum atomic E-state index is 13.0. The smallest absolute Gasteiger partial charge is 0.317 e. The minimum atomic E-state index is -0.867. The number of carbonyl (C=O) groups excluding carboxylic acids is 1. The number of ketones is 1. The van der Waals surface area contributed by atoms with Gasteiger partial charge in [0.2, 0.25) is 0 Å². The molecule has 1 N–H and O–H groups in total. The number of nitriles is 1. The van der Waals surface area contributed by atoms with E-state index in [-0.39, 0.29) is 24.1 Å². The fourth-order valence-electron chi connectivity index (χ4n) is 3.41. The molecule has 4 aromatic rings. The monoisotopic (exact) mass is 425 g/mol. The predicted octanol–water partition coefficient (Wildman–Crippen LogP) is 4.07. The van der Waals surface area contributed by atoms with Crippen LogP contribution in [0, 0.1) is 11.3 Å². The average molecular weight is 425 g/mol. The fourth-order valence-corrected chi connectivity index (χ4v) is 4.13. The first-order chi connectivity index (χ1) is 15.2. The van der Waals surface area contributed by atoms with Gasteiger partial charge in [0, 0.05) is 17.5 Å². The summed E-state index contributed by atoms with van der Waals surface area (Å²) in [6.45, 7) is 0. The lowest BCUT2D eigenvalue weighted by Gasteiger charge is -2.11. The number of aliphatic imine (C=N–C) groups is 1. The van der Waals surface area contributed by atoms with Crippen molar-refractivity contribution in [3.63, 3.8) is 0 Å². The first-order valence-electron chi connectivity index (χ1n) is 9.56. The Kier molecular flexibility index (Phi) is 4.86. The Morgan fingerprint density at radius 2 is 1.84 bits per heavy atom. The number of rotatable bonds is 4. The van der Waals surface area contributed by atoms with Crippen molar-refractivity contribution in [2.24, 2.45) is 4.99 Å². The van der Waals surface area contributed by atoms with E-state index in [0.717, 1.165) is 22.4 Å². The number of hydrogen-bond acceptors (Lipinski definition) is 8. The van der Waals surface area contributed by atoms with E-state index < -0.39 is 6.17 Å². The van der Waals surface area contributed by atoms with Crippen molar-refractivity contribution < 1.29 is 9.21 Å². The van der Waals surface area contributed by atoms with Crippen LogP contribution in [0.1, 0.15) is 21.6 Å². The standard InChI is InChI=1S/C23H15N5O2S/c24-13-16-10-11-19(31-16)22-27-28-23(30-22)26-21-18(29)12-15-8-4-5-9-17(15)20(25-21)14-6-2-1-3-7-14/h1-11,21H,12H2,(H,26,28). The molecule has 0 saturated heterocycles. The van der Waals surface area contributed by atoms with Crippen molar-refractivity contribution in [1.29, 1.82) is 5.26 Å². The van der Waals surface area contributed by atoms with Crippen LogP contribution >= 0.6 is 11.3 Å². The summed E-state index contributed by atoms with van der Waals surface area (Å²) in [4.78, 5) is 19.0. The lowest BCUT2D eigenvalue weighted by atomic mass is 9.96. The second-order valence-corrected chi connectivity index (χ2v) is 7.96. The largest absolute Gasteiger partial charge is 0.402 e. The Morgan fingerprint density at radius 3 is 2.65 bits per heavy atom. The Bertz CT molecular complexity index is 1330. The van der Waals surface area contributed by atoms with Crippen LogP contribution in [-0.2, 0) is 11.2 Å². The first-order valence-corrected chi connectivity index (χ1v) is 10.4. The summed E-state index contributed by atoms with van der Waals surface area (Å²) < 4.78 is 5.68. The van der Waals surface area contributed by atoms with Crippen molar-refractivity contribution in [3.05, 3.63) is 88.3 Å². The average Bonchev–Trinajstić information content (AvgIpc) is 3.44. The first kappa shape index (κ1) is 18.9. The summed E-state index contributed by atoms with van der Waals surface area (Å²) in [5, 5.41) is 20.0. The predicted molar refractivity (Wildman–Crippen MR) is 117 cm³/mol. The summed E-state index contributed by atoms with van der Waals surface area (Å²) in [5.41, 5.74) is 3.51.